The molecule has 0 aliphatic heterocycles. The van der Waals surface area contributed by atoms with E-state index in [1.807, 2.05) is 44.2 Å². The maximum atomic E-state index is 12.2. The molecule has 2 N–H and O–H groups in total. The number of rotatable bonds is 5. The minimum Gasteiger partial charge on any atom is -0.328 e. The van der Waals surface area contributed by atoms with Crippen molar-refractivity contribution < 1.29 is 8.42 Å². The molecular formula is C15H18N2O3S. The highest BCUT2D eigenvalue weighted by molar-refractivity contribution is 7.89. The summed E-state index contributed by atoms with van der Waals surface area (Å²) in [5.41, 5.74) is 0.379. The number of aromatic nitrogens is 1. The second-order valence-electron chi connectivity index (χ2n) is 5.46. The van der Waals surface area contributed by atoms with Crippen LogP contribution in [0.25, 0.3) is 0 Å². The van der Waals surface area contributed by atoms with Crippen molar-refractivity contribution in [1.29, 1.82) is 0 Å². The Bertz CT molecular complexity index is 745. The summed E-state index contributed by atoms with van der Waals surface area (Å²) >= 11 is 0. The Kier molecular flexibility index (Phi) is 4.29. The van der Waals surface area contributed by atoms with Crippen molar-refractivity contribution >= 4 is 10.0 Å². The molecule has 0 unspecified atom stereocenters. The summed E-state index contributed by atoms with van der Waals surface area (Å²) in [7, 11) is -3.64. The normalized spacial score (nSPS) is 12.3. The fourth-order valence-corrected chi connectivity index (χ4v) is 3.09. The van der Waals surface area contributed by atoms with E-state index in [0.717, 1.165) is 5.56 Å². The van der Waals surface area contributed by atoms with Gasteiger partial charge in [-0.25, -0.2) is 13.1 Å². The smallest absolute Gasteiger partial charge is 0.247 e. The van der Waals surface area contributed by atoms with Gasteiger partial charge in [0.25, 0.3) is 0 Å². The largest absolute Gasteiger partial charge is 0.328 e. The van der Waals surface area contributed by atoms with Gasteiger partial charge in [-0.05, 0) is 11.6 Å². The Morgan fingerprint density at radius 1 is 1.10 bits per heavy atom. The van der Waals surface area contributed by atoms with Crippen LogP contribution in [0.2, 0.25) is 0 Å². The number of hydrogen-bond donors (Lipinski definition) is 2. The average molecular weight is 306 g/mol. The van der Waals surface area contributed by atoms with Crippen molar-refractivity contribution in [2.45, 2.75) is 24.2 Å². The van der Waals surface area contributed by atoms with E-state index in [1.54, 1.807) is 0 Å². The van der Waals surface area contributed by atoms with E-state index in [1.165, 1.54) is 18.3 Å². The van der Waals surface area contributed by atoms with Crippen molar-refractivity contribution in [2.75, 3.05) is 6.54 Å². The highest BCUT2D eigenvalue weighted by Crippen LogP contribution is 2.22. The first-order chi connectivity index (χ1) is 9.81. The molecule has 0 radical (unpaired) electrons. The standard InChI is InChI=1S/C15H18N2O3S/c1-15(2,12-6-4-3-5-7-12)11-17-21(19,20)13-8-9-14(18)16-10-13/h3-10,17H,11H2,1-2H3,(H,16,18). The lowest BCUT2D eigenvalue weighted by Gasteiger charge is -2.25. The number of hydrogen-bond acceptors (Lipinski definition) is 3. The van der Waals surface area contributed by atoms with Crippen molar-refractivity contribution in [3.05, 3.63) is 64.6 Å². The van der Waals surface area contributed by atoms with Gasteiger partial charge in [0.1, 0.15) is 0 Å². The van der Waals surface area contributed by atoms with Crippen LogP contribution in [0.5, 0.6) is 0 Å². The Balaban J connectivity index is 2.15. The summed E-state index contributed by atoms with van der Waals surface area (Å²) in [6.07, 6.45) is 1.19. The number of pyridine rings is 1. The van der Waals surface area contributed by atoms with Crippen LogP contribution in [-0.2, 0) is 15.4 Å². The van der Waals surface area contributed by atoms with Gasteiger partial charge in [0.2, 0.25) is 15.6 Å². The van der Waals surface area contributed by atoms with E-state index < -0.39 is 10.0 Å². The Morgan fingerprint density at radius 2 is 1.76 bits per heavy atom. The van der Waals surface area contributed by atoms with E-state index in [2.05, 4.69) is 9.71 Å². The maximum absolute atomic E-state index is 12.2. The summed E-state index contributed by atoms with van der Waals surface area (Å²) < 4.78 is 27.0. The van der Waals surface area contributed by atoms with Crippen molar-refractivity contribution in [3.63, 3.8) is 0 Å². The quantitative estimate of drug-likeness (QED) is 0.881. The van der Waals surface area contributed by atoms with Crippen molar-refractivity contribution in [1.82, 2.24) is 9.71 Å². The van der Waals surface area contributed by atoms with E-state index in [-0.39, 0.29) is 22.4 Å². The van der Waals surface area contributed by atoms with Crippen LogP contribution in [0, 0.1) is 0 Å². The van der Waals surface area contributed by atoms with Crippen LogP contribution in [0.15, 0.2) is 58.4 Å². The lowest BCUT2D eigenvalue weighted by molar-refractivity contribution is 0.501. The van der Waals surface area contributed by atoms with Crippen LogP contribution >= 0.6 is 0 Å². The van der Waals surface area contributed by atoms with E-state index in [0.29, 0.717) is 0 Å². The van der Waals surface area contributed by atoms with Gasteiger partial charge < -0.3 is 4.98 Å². The summed E-state index contributed by atoms with van der Waals surface area (Å²) in [5.74, 6) is 0. The molecule has 0 saturated heterocycles. The molecule has 2 aromatic rings. The molecule has 2 rings (SSSR count). The molecule has 0 amide bonds. The molecule has 0 atom stereocenters. The van der Waals surface area contributed by atoms with E-state index >= 15 is 0 Å². The lowest BCUT2D eigenvalue weighted by Crippen LogP contribution is -2.36. The molecule has 21 heavy (non-hydrogen) atoms. The second-order valence-corrected chi connectivity index (χ2v) is 7.23. The minimum absolute atomic E-state index is 0.0472. The first kappa shape index (κ1) is 15.5. The first-order valence-corrected chi connectivity index (χ1v) is 8.03. The van der Waals surface area contributed by atoms with Gasteiger partial charge in [-0.3, -0.25) is 4.79 Å². The predicted molar refractivity (Wildman–Crippen MR) is 81.7 cm³/mol. The Morgan fingerprint density at radius 3 is 2.33 bits per heavy atom. The average Bonchev–Trinajstić information content (AvgIpc) is 2.47. The Hall–Kier alpha value is -1.92. The predicted octanol–water partition coefficient (Wildman–Crippen LogP) is 1.63. The van der Waals surface area contributed by atoms with Gasteiger partial charge in [-0.15, -0.1) is 0 Å². The molecule has 5 nitrogen and oxygen atoms in total. The summed E-state index contributed by atoms with van der Waals surface area (Å²) in [4.78, 5) is 13.4. The number of H-pyrrole nitrogens is 1. The highest BCUT2D eigenvalue weighted by Gasteiger charge is 2.24. The number of nitrogens with one attached hydrogen (secondary N) is 2. The zero-order valence-electron chi connectivity index (χ0n) is 12.0. The monoisotopic (exact) mass is 306 g/mol. The molecule has 0 spiro atoms. The SMILES string of the molecule is CC(C)(CNS(=O)(=O)c1ccc(=O)[nH]c1)c1ccccc1. The van der Waals surface area contributed by atoms with Gasteiger partial charge >= 0.3 is 0 Å². The fraction of sp³-hybridized carbons (Fsp3) is 0.267. The lowest BCUT2D eigenvalue weighted by atomic mass is 9.85. The second kappa shape index (κ2) is 5.83. The summed E-state index contributed by atoms with van der Waals surface area (Å²) in [6.45, 7) is 4.20. The topological polar surface area (TPSA) is 79.0 Å². The minimum atomic E-state index is -3.64. The van der Waals surface area contributed by atoms with Crippen LogP contribution in [-0.4, -0.2) is 19.9 Å². The molecule has 0 bridgehead atoms. The first-order valence-electron chi connectivity index (χ1n) is 6.55. The molecule has 112 valence electrons. The van der Waals surface area contributed by atoms with Gasteiger partial charge in [0.05, 0.1) is 4.90 Å². The molecular weight excluding hydrogens is 288 g/mol. The molecule has 0 aliphatic rings. The van der Waals surface area contributed by atoms with Crippen molar-refractivity contribution in [2.24, 2.45) is 0 Å². The molecule has 0 saturated carbocycles. The summed E-state index contributed by atoms with van der Waals surface area (Å²) in [5, 5.41) is 0. The van der Waals surface area contributed by atoms with Gasteiger partial charge in [0.15, 0.2) is 0 Å². The highest BCUT2D eigenvalue weighted by atomic mass is 32.2. The van der Waals surface area contributed by atoms with Crippen molar-refractivity contribution in [3.8, 4) is 0 Å². The van der Waals surface area contributed by atoms with Crippen LogP contribution in [0.4, 0.5) is 0 Å². The third-order valence-electron chi connectivity index (χ3n) is 3.33. The fourth-order valence-electron chi connectivity index (χ4n) is 1.91. The molecule has 0 fully saturated rings. The van der Waals surface area contributed by atoms with Gasteiger partial charge in [-0.2, -0.15) is 0 Å². The zero-order valence-corrected chi connectivity index (χ0v) is 12.8. The molecule has 1 aromatic heterocycles. The number of benzene rings is 1. The van der Waals surface area contributed by atoms with Gasteiger partial charge in [0, 0.05) is 24.2 Å². The molecule has 0 aliphatic carbocycles. The third kappa shape index (κ3) is 3.80. The maximum Gasteiger partial charge on any atom is 0.247 e. The van der Waals surface area contributed by atoms with Gasteiger partial charge in [-0.1, -0.05) is 44.2 Å². The molecule has 1 heterocycles. The van der Waals surface area contributed by atoms with E-state index in [9.17, 15) is 13.2 Å². The Labute approximate surface area is 124 Å². The van der Waals surface area contributed by atoms with Crippen LogP contribution in [0.1, 0.15) is 19.4 Å². The van der Waals surface area contributed by atoms with E-state index in [4.69, 9.17) is 0 Å². The summed E-state index contributed by atoms with van der Waals surface area (Å²) in [6, 6.07) is 12.2. The third-order valence-corrected chi connectivity index (χ3v) is 4.72. The number of sulfonamides is 1. The van der Waals surface area contributed by atoms with Crippen LogP contribution < -0.4 is 10.3 Å². The molecule has 6 heteroatoms. The zero-order chi connectivity index (χ0) is 15.5. The van der Waals surface area contributed by atoms with Crippen LogP contribution in [0.3, 0.4) is 0 Å². The molecule has 1 aromatic carbocycles. The number of aromatic amines is 1.